The van der Waals surface area contributed by atoms with Crippen molar-refractivity contribution < 1.29 is 17.9 Å². The Morgan fingerprint density at radius 3 is 2.76 bits per heavy atom. The summed E-state index contributed by atoms with van der Waals surface area (Å²) < 4.78 is 33.0. The van der Waals surface area contributed by atoms with Gasteiger partial charge in [0.15, 0.2) is 5.71 Å². The number of para-hydroxylation sites is 1. The maximum Gasteiger partial charge on any atom is 0.359 e. The lowest BCUT2D eigenvalue weighted by Crippen LogP contribution is -2.25. The van der Waals surface area contributed by atoms with Gasteiger partial charge < -0.3 is 4.74 Å². The summed E-state index contributed by atoms with van der Waals surface area (Å²) in [5.74, 6) is -0.654. The molecule has 6 nitrogen and oxygen atoms in total. The SMILES string of the molecule is CCOC(=O)C1=Nc2ccccc2/C1=N\S(=O)(=O)C1CC1. The smallest absolute Gasteiger partial charge is 0.359 e. The molecule has 0 spiro atoms. The zero-order valence-corrected chi connectivity index (χ0v) is 12.3. The van der Waals surface area contributed by atoms with Gasteiger partial charge in [-0.3, -0.25) is 0 Å². The number of carbonyl (C=O) groups is 1. The molecule has 3 rings (SSSR count). The summed E-state index contributed by atoms with van der Waals surface area (Å²) in [7, 11) is -3.60. The second-order valence-electron chi connectivity index (χ2n) is 4.85. The van der Waals surface area contributed by atoms with Gasteiger partial charge in [0.05, 0.1) is 17.5 Å². The van der Waals surface area contributed by atoms with Gasteiger partial charge in [-0.05, 0) is 25.8 Å². The topological polar surface area (TPSA) is 85.2 Å². The van der Waals surface area contributed by atoms with E-state index in [4.69, 9.17) is 4.74 Å². The second kappa shape index (κ2) is 5.07. The van der Waals surface area contributed by atoms with E-state index in [1.807, 2.05) is 0 Å². The maximum atomic E-state index is 12.1. The van der Waals surface area contributed by atoms with E-state index in [1.165, 1.54) is 0 Å². The average molecular weight is 306 g/mol. The Balaban J connectivity index is 2.08. The molecular weight excluding hydrogens is 292 g/mol. The number of esters is 1. The summed E-state index contributed by atoms with van der Waals surface area (Å²) in [5.41, 5.74) is 1.13. The lowest BCUT2D eigenvalue weighted by Gasteiger charge is -2.04. The van der Waals surface area contributed by atoms with Crippen molar-refractivity contribution in [2.24, 2.45) is 9.39 Å². The molecule has 1 saturated carbocycles. The highest BCUT2D eigenvalue weighted by molar-refractivity contribution is 7.91. The minimum Gasteiger partial charge on any atom is -0.461 e. The fourth-order valence-corrected chi connectivity index (χ4v) is 3.39. The average Bonchev–Trinajstić information content (AvgIpc) is 3.24. The van der Waals surface area contributed by atoms with E-state index in [0.29, 0.717) is 24.1 Å². The van der Waals surface area contributed by atoms with Gasteiger partial charge >= 0.3 is 5.97 Å². The van der Waals surface area contributed by atoms with Crippen LogP contribution in [0.3, 0.4) is 0 Å². The Kier molecular flexibility index (Phi) is 3.36. The molecule has 0 amide bonds. The highest BCUT2D eigenvalue weighted by atomic mass is 32.2. The van der Waals surface area contributed by atoms with Crippen LogP contribution in [0.1, 0.15) is 25.3 Å². The number of ether oxygens (including phenoxy) is 1. The van der Waals surface area contributed by atoms with Crippen LogP contribution in [0, 0.1) is 0 Å². The molecule has 21 heavy (non-hydrogen) atoms. The first-order valence-electron chi connectivity index (χ1n) is 6.72. The Labute approximate surface area is 122 Å². The molecule has 1 aliphatic heterocycles. The van der Waals surface area contributed by atoms with E-state index >= 15 is 0 Å². The van der Waals surface area contributed by atoms with Crippen molar-refractivity contribution in [1.82, 2.24) is 0 Å². The van der Waals surface area contributed by atoms with Gasteiger partial charge in [-0.2, -0.15) is 4.40 Å². The summed E-state index contributed by atoms with van der Waals surface area (Å²) in [5, 5.41) is -0.429. The predicted octanol–water partition coefficient (Wildman–Crippen LogP) is 1.62. The van der Waals surface area contributed by atoms with E-state index in [1.54, 1.807) is 31.2 Å². The quantitative estimate of drug-likeness (QED) is 0.791. The van der Waals surface area contributed by atoms with Crippen molar-refractivity contribution >= 4 is 33.1 Å². The van der Waals surface area contributed by atoms with E-state index in [2.05, 4.69) is 9.39 Å². The fourth-order valence-electron chi connectivity index (χ4n) is 2.07. The van der Waals surface area contributed by atoms with E-state index < -0.39 is 21.2 Å². The molecule has 0 radical (unpaired) electrons. The van der Waals surface area contributed by atoms with Crippen LogP contribution in [0.5, 0.6) is 0 Å². The molecule has 1 aromatic rings. The van der Waals surface area contributed by atoms with Crippen molar-refractivity contribution in [1.29, 1.82) is 0 Å². The Morgan fingerprint density at radius 1 is 1.38 bits per heavy atom. The van der Waals surface area contributed by atoms with Gasteiger partial charge in [-0.1, -0.05) is 18.2 Å². The Bertz CT molecular complexity index is 761. The van der Waals surface area contributed by atoms with Crippen LogP contribution in [-0.4, -0.2) is 37.7 Å². The molecule has 0 N–H and O–H groups in total. The van der Waals surface area contributed by atoms with Gasteiger partial charge in [0, 0.05) is 5.56 Å². The normalized spacial score (nSPS) is 19.3. The van der Waals surface area contributed by atoms with Crippen molar-refractivity contribution in [2.45, 2.75) is 25.0 Å². The first kappa shape index (κ1) is 13.9. The third kappa shape index (κ3) is 2.61. The largest absolute Gasteiger partial charge is 0.461 e. The van der Waals surface area contributed by atoms with E-state index in [0.717, 1.165) is 0 Å². The molecule has 0 atom stereocenters. The molecular formula is C14H14N2O4S. The van der Waals surface area contributed by atoms with Crippen molar-refractivity contribution in [3.8, 4) is 0 Å². The number of aliphatic imine (C=N–C) groups is 1. The van der Waals surface area contributed by atoms with E-state index in [9.17, 15) is 13.2 Å². The van der Waals surface area contributed by atoms with Gasteiger partial charge in [0.25, 0.3) is 10.0 Å². The fraction of sp³-hybridized carbons (Fsp3) is 0.357. The highest BCUT2D eigenvalue weighted by Crippen LogP contribution is 2.32. The highest BCUT2D eigenvalue weighted by Gasteiger charge is 2.38. The molecule has 1 aliphatic carbocycles. The minimum absolute atomic E-state index is 0.0396. The monoisotopic (exact) mass is 306 g/mol. The summed E-state index contributed by atoms with van der Waals surface area (Å²) in [4.78, 5) is 16.1. The number of benzene rings is 1. The van der Waals surface area contributed by atoms with Crippen LogP contribution < -0.4 is 0 Å². The number of fused-ring (bicyclic) bond motifs is 1. The molecule has 7 heteroatoms. The second-order valence-corrected chi connectivity index (χ2v) is 6.73. The maximum absolute atomic E-state index is 12.1. The number of nitrogens with zero attached hydrogens (tertiary/aromatic N) is 2. The number of sulfonamides is 1. The molecule has 2 aliphatic rings. The van der Waals surface area contributed by atoms with Gasteiger partial charge in [0.1, 0.15) is 5.71 Å². The van der Waals surface area contributed by atoms with Gasteiger partial charge in [-0.25, -0.2) is 18.2 Å². The zero-order chi connectivity index (χ0) is 15.0. The van der Waals surface area contributed by atoms with Crippen LogP contribution >= 0.6 is 0 Å². The van der Waals surface area contributed by atoms with Crippen molar-refractivity contribution in [3.63, 3.8) is 0 Å². The molecule has 1 aromatic carbocycles. The summed E-state index contributed by atoms with van der Waals surface area (Å²) >= 11 is 0. The van der Waals surface area contributed by atoms with Crippen molar-refractivity contribution in [2.75, 3.05) is 6.61 Å². The number of carbonyl (C=O) groups excluding carboxylic acids is 1. The molecule has 0 saturated heterocycles. The molecule has 1 heterocycles. The lowest BCUT2D eigenvalue weighted by atomic mass is 10.1. The van der Waals surface area contributed by atoms with Crippen molar-refractivity contribution in [3.05, 3.63) is 29.8 Å². The van der Waals surface area contributed by atoms with Crippen LogP contribution in [-0.2, 0) is 19.6 Å². The third-order valence-electron chi connectivity index (χ3n) is 3.25. The standard InChI is InChI=1S/C14H14N2O4S/c1-2-20-14(17)13-12(16-21(18,19)9-7-8-9)10-5-3-4-6-11(10)15-13/h3-6,9H,2,7-8H2,1H3/b16-12+. The van der Waals surface area contributed by atoms with Crippen LogP contribution in [0.25, 0.3) is 0 Å². The third-order valence-corrected chi connectivity index (χ3v) is 5.00. The Morgan fingerprint density at radius 2 is 2.10 bits per heavy atom. The number of rotatable bonds is 4. The van der Waals surface area contributed by atoms with E-state index in [-0.39, 0.29) is 18.0 Å². The minimum atomic E-state index is -3.60. The number of hydrogen-bond acceptors (Lipinski definition) is 5. The molecule has 110 valence electrons. The van der Waals surface area contributed by atoms with Gasteiger partial charge in [-0.15, -0.1) is 0 Å². The summed E-state index contributed by atoms with van der Waals surface area (Å²) in [6, 6.07) is 6.93. The summed E-state index contributed by atoms with van der Waals surface area (Å²) in [6.45, 7) is 1.87. The molecule has 0 bridgehead atoms. The molecule has 0 aromatic heterocycles. The summed E-state index contributed by atoms with van der Waals surface area (Å²) in [6.07, 6.45) is 1.24. The first-order chi connectivity index (χ1) is 10.0. The van der Waals surface area contributed by atoms with Crippen LogP contribution in [0.2, 0.25) is 0 Å². The number of hydrogen-bond donors (Lipinski definition) is 0. The van der Waals surface area contributed by atoms with Crippen LogP contribution in [0.15, 0.2) is 33.7 Å². The van der Waals surface area contributed by atoms with Gasteiger partial charge in [0.2, 0.25) is 0 Å². The zero-order valence-electron chi connectivity index (χ0n) is 11.4. The lowest BCUT2D eigenvalue weighted by molar-refractivity contribution is -0.134. The predicted molar refractivity (Wildman–Crippen MR) is 78.6 cm³/mol. The molecule has 1 fully saturated rings. The van der Waals surface area contributed by atoms with Crippen LogP contribution in [0.4, 0.5) is 5.69 Å². The molecule has 0 unspecified atom stereocenters. The first-order valence-corrected chi connectivity index (χ1v) is 8.22. The Hall–Kier alpha value is -2.02.